The molecule has 1 N–H and O–H groups in total. The quantitative estimate of drug-likeness (QED) is 0.0852. The highest BCUT2D eigenvalue weighted by Crippen LogP contribution is 2.33. The van der Waals surface area contributed by atoms with Crippen LogP contribution in [0, 0.1) is 41.4 Å². The molecule has 0 bridgehead atoms. The second-order valence-electron chi connectivity index (χ2n) is 18.7. The van der Waals surface area contributed by atoms with Crippen molar-refractivity contribution in [1.29, 1.82) is 0 Å². The molecular formula is C49H77N5O7. The van der Waals surface area contributed by atoms with Crippen LogP contribution in [0.15, 0.2) is 42.5 Å². The van der Waals surface area contributed by atoms with Gasteiger partial charge in [0, 0.05) is 89.1 Å². The highest BCUT2D eigenvalue weighted by molar-refractivity contribution is 6.12. The van der Waals surface area contributed by atoms with Crippen molar-refractivity contribution < 1.29 is 33.6 Å². The zero-order chi connectivity index (χ0) is 45.6. The summed E-state index contributed by atoms with van der Waals surface area (Å²) in [4.78, 5) is 99.5. The maximum atomic E-state index is 14.5. The number of unbranched alkanes of at least 4 members (excludes halogenated alkanes) is 2. The first-order chi connectivity index (χ1) is 28.8. The van der Waals surface area contributed by atoms with Crippen LogP contribution >= 0.6 is 0 Å². The second kappa shape index (κ2) is 24.3. The molecule has 2 heterocycles. The SMILES string of the molecule is CC[C@H](C)[C@@H]([C@H](C)CC(=O)N1CCC[C@H]1[C@H](C)[C@@H](C)C(=O)NCCc1ccccc1)N(C)C(=O)C(CC(=O)C(C(C)C)N(C)C(=O)CCCCCN1C(=O)C=CC1=O)C(C)C. The van der Waals surface area contributed by atoms with Gasteiger partial charge in [0.25, 0.3) is 11.8 Å². The van der Waals surface area contributed by atoms with E-state index in [2.05, 4.69) is 38.2 Å². The summed E-state index contributed by atoms with van der Waals surface area (Å²) in [5.74, 6) is -2.29. The fourth-order valence-corrected chi connectivity index (χ4v) is 9.53. The summed E-state index contributed by atoms with van der Waals surface area (Å²) in [6, 6.07) is 9.10. The topological polar surface area (TPSA) is 144 Å². The summed E-state index contributed by atoms with van der Waals surface area (Å²) in [5.41, 5.74) is 1.17. The van der Waals surface area contributed by atoms with Crippen molar-refractivity contribution in [2.75, 3.05) is 33.7 Å². The Hall–Kier alpha value is -4.35. The Labute approximate surface area is 366 Å². The molecule has 12 nitrogen and oxygen atoms in total. The lowest BCUT2D eigenvalue weighted by Crippen LogP contribution is -2.51. The molecule has 12 heteroatoms. The molecule has 0 aliphatic carbocycles. The predicted octanol–water partition coefficient (Wildman–Crippen LogP) is 6.71. The Bertz CT molecular complexity index is 1660. The molecule has 2 aliphatic heterocycles. The zero-order valence-electron chi connectivity index (χ0n) is 39.2. The van der Waals surface area contributed by atoms with Crippen molar-refractivity contribution in [2.24, 2.45) is 41.4 Å². The first-order valence-electron chi connectivity index (χ1n) is 23.0. The van der Waals surface area contributed by atoms with Gasteiger partial charge in [0.1, 0.15) is 0 Å². The Morgan fingerprint density at radius 2 is 1.44 bits per heavy atom. The molecule has 3 rings (SSSR count). The number of rotatable bonds is 25. The summed E-state index contributed by atoms with van der Waals surface area (Å²) in [5, 5.41) is 3.10. The van der Waals surface area contributed by atoms with Gasteiger partial charge in [-0.15, -0.1) is 0 Å². The number of hydrogen-bond acceptors (Lipinski definition) is 7. The second-order valence-corrected chi connectivity index (χ2v) is 18.7. The zero-order valence-corrected chi connectivity index (χ0v) is 39.2. The van der Waals surface area contributed by atoms with Crippen molar-refractivity contribution in [2.45, 2.75) is 145 Å². The summed E-state index contributed by atoms with van der Waals surface area (Å²) in [7, 11) is 3.46. The smallest absolute Gasteiger partial charge is 0.253 e. The maximum Gasteiger partial charge on any atom is 0.253 e. The normalized spacial score (nSPS) is 18.8. The van der Waals surface area contributed by atoms with Crippen LogP contribution in [0.4, 0.5) is 0 Å². The molecule has 0 aromatic heterocycles. The molecule has 340 valence electrons. The number of benzene rings is 1. The third-order valence-corrected chi connectivity index (χ3v) is 13.6. The number of amides is 6. The fourth-order valence-electron chi connectivity index (χ4n) is 9.53. The van der Waals surface area contributed by atoms with Crippen molar-refractivity contribution >= 4 is 41.2 Å². The molecule has 6 amide bonds. The van der Waals surface area contributed by atoms with Gasteiger partial charge in [-0.05, 0) is 67.3 Å². The average Bonchev–Trinajstić information content (AvgIpc) is 3.84. The van der Waals surface area contributed by atoms with Gasteiger partial charge in [-0.1, -0.05) is 105 Å². The van der Waals surface area contributed by atoms with E-state index in [9.17, 15) is 33.6 Å². The lowest BCUT2D eigenvalue weighted by Gasteiger charge is -2.40. The van der Waals surface area contributed by atoms with Gasteiger partial charge in [0.15, 0.2) is 5.78 Å². The number of carbonyl (C=O) groups excluding carboxylic acids is 7. The minimum atomic E-state index is -0.696. The van der Waals surface area contributed by atoms with Crippen LogP contribution in [0.1, 0.15) is 126 Å². The van der Waals surface area contributed by atoms with E-state index in [1.165, 1.54) is 27.5 Å². The van der Waals surface area contributed by atoms with Gasteiger partial charge >= 0.3 is 0 Å². The highest BCUT2D eigenvalue weighted by atomic mass is 16.2. The third-order valence-electron chi connectivity index (χ3n) is 13.6. The van der Waals surface area contributed by atoms with Crippen LogP contribution in [-0.4, -0.2) is 113 Å². The van der Waals surface area contributed by atoms with E-state index >= 15 is 0 Å². The molecule has 0 saturated carbocycles. The number of hydrogen-bond donors (Lipinski definition) is 1. The number of likely N-dealkylation sites (tertiary alicyclic amines) is 1. The van der Waals surface area contributed by atoms with Crippen molar-refractivity contribution in [3.8, 4) is 0 Å². The van der Waals surface area contributed by atoms with Gasteiger partial charge in [-0.2, -0.15) is 0 Å². The monoisotopic (exact) mass is 848 g/mol. The van der Waals surface area contributed by atoms with Gasteiger partial charge in [-0.25, -0.2) is 0 Å². The molecular weight excluding hydrogens is 771 g/mol. The van der Waals surface area contributed by atoms with Gasteiger partial charge < -0.3 is 20.0 Å². The van der Waals surface area contributed by atoms with Crippen LogP contribution in [0.25, 0.3) is 0 Å². The molecule has 61 heavy (non-hydrogen) atoms. The van der Waals surface area contributed by atoms with E-state index in [-0.39, 0.29) is 108 Å². The largest absolute Gasteiger partial charge is 0.356 e. The average molecular weight is 848 g/mol. The van der Waals surface area contributed by atoms with E-state index in [0.717, 1.165) is 25.7 Å². The minimum Gasteiger partial charge on any atom is -0.356 e. The number of imide groups is 1. The molecule has 2 unspecified atom stereocenters. The Kier molecular flexibility index (Phi) is 20.3. The summed E-state index contributed by atoms with van der Waals surface area (Å²) in [6.07, 6.45) is 8.13. The van der Waals surface area contributed by atoms with E-state index in [1.54, 1.807) is 19.0 Å². The van der Waals surface area contributed by atoms with Crippen LogP contribution in [0.5, 0.6) is 0 Å². The van der Waals surface area contributed by atoms with E-state index in [4.69, 9.17) is 0 Å². The molecule has 8 atom stereocenters. The molecule has 2 aliphatic rings. The Morgan fingerprint density at radius 3 is 2.03 bits per heavy atom. The predicted molar refractivity (Wildman–Crippen MR) is 240 cm³/mol. The van der Waals surface area contributed by atoms with Crippen LogP contribution in [0.3, 0.4) is 0 Å². The lowest BCUT2D eigenvalue weighted by atomic mass is 9.81. The number of likely N-dealkylation sites (N-methyl/N-ethyl adjacent to an activating group) is 1. The number of nitrogens with one attached hydrogen (secondary N) is 1. The fraction of sp³-hybridized carbons (Fsp3) is 0.694. The summed E-state index contributed by atoms with van der Waals surface area (Å²) < 4.78 is 0. The van der Waals surface area contributed by atoms with Crippen LogP contribution in [0.2, 0.25) is 0 Å². The molecule has 1 saturated heterocycles. The van der Waals surface area contributed by atoms with Gasteiger partial charge in [0.2, 0.25) is 23.6 Å². The first kappa shape index (κ1) is 51.0. The molecule has 0 radical (unpaired) electrons. The van der Waals surface area contributed by atoms with Gasteiger partial charge in [0.05, 0.1) is 6.04 Å². The molecule has 1 fully saturated rings. The van der Waals surface area contributed by atoms with Crippen molar-refractivity contribution in [1.82, 2.24) is 24.9 Å². The standard InChI is InChI=1S/C49H77N5O7/c1-12-34(6)47(35(7)30-45(59)53-29-19-22-40(53)36(8)37(9)48(60)50-27-26-38-20-15-13-16-21-38)52(11)49(61)39(32(2)3)31-41(55)46(33(4)5)51(10)42(56)23-17-14-18-28-54-43(57)24-25-44(54)58/h13,15-16,20-21,24-25,32-37,39-40,46-47H,12,14,17-19,22-23,26-31H2,1-11H3,(H,50,60)/t34-,35+,36+,37+,39?,40-,46?,47-/m0/s1. The molecule has 1 aromatic carbocycles. The summed E-state index contributed by atoms with van der Waals surface area (Å²) in [6.45, 7) is 19.5. The van der Waals surface area contributed by atoms with Crippen molar-refractivity contribution in [3.63, 3.8) is 0 Å². The van der Waals surface area contributed by atoms with Crippen molar-refractivity contribution in [3.05, 3.63) is 48.0 Å². The lowest BCUT2D eigenvalue weighted by molar-refractivity contribution is -0.146. The number of carbonyl (C=O) groups is 7. The number of Topliss-reactive ketones (excluding diaryl/α,β-unsaturated/α-hetero) is 1. The Balaban J connectivity index is 1.62. The van der Waals surface area contributed by atoms with E-state index in [0.29, 0.717) is 38.9 Å². The highest BCUT2D eigenvalue weighted by Gasteiger charge is 2.41. The van der Waals surface area contributed by atoms with Crippen LogP contribution < -0.4 is 5.32 Å². The minimum absolute atomic E-state index is 0.000858. The maximum absolute atomic E-state index is 14.5. The van der Waals surface area contributed by atoms with E-state index in [1.807, 2.05) is 64.6 Å². The van der Waals surface area contributed by atoms with E-state index < -0.39 is 12.0 Å². The molecule has 0 spiro atoms. The summed E-state index contributed by atoms with van der Waals surface area (Å²) >= 11 is 0. The third kappa shape index (κ3) is 14.1. The van der Waals surface area contributed by atoms with Gasteiger partial charge in [-0.3, -0.25) is 38.5 Å². The van der Waals surface area contributed by atoms with Crippen LogP contribution in [-0.2, 0) is 40.0 Å². The number of ketones is 1. The first-order valence-corrected chi connectivity index (χ1v) is 23.0. The Morgan fingerprint density at radius 1 is 0.803 bits per heavy atom. The molecule has 1 aromatic rings. The number of nitrogens with zero attached hydrogens (tertiary/aromatic N) is 4.